The molecular weight excluding hydrogens is 480 g/mol. The van der Waals surface area contributed by atoms with Gasteiger partial charge in [0.15, 0.2) is 0 Å². The molecule has 0 aliphatic carbocycles. The van der Waals surface area contributed by atoms with Crippen molar-refractivity contribution in [3.63, 3.8) is 0 Å². The summed E-state index contributed by atoms with van der Waals surface area (Å²) in [7, 11) is 0. The quantitative estimate of drug-likeness (QED) is 0.184. The van der Waals surface area contributed by atoms with Crippen LogP contribution in [0.25, 0.3) is 0 Å². The first-order valence-electron chi connectivity index (χ1n) is 10.9. The lowest BCUT2D eigenvalue weighted by Gasteiger charge is -2.18. The molecule has 1 amide bonds. The molecule has 4 rings (SSSR count). The number of rotatable bonds is 10. The van der Waals surface area contributed by atoms with Crippen LogP contribution in [0.5, 0.6) is 0 Å². The number of hydrogen-bond donors (Lipinski definition) is 4. The predicted octanol–water partition coefficient (Wildman–Crippen LogP) is 4.01. The summed E-state index contributed by atoms with van der Waals surface area (Å²) < 4.78 is 0. The van der Waals surface area contributed by atoms with Crippen LogP contribution in [-0.4, -0.2) is 25.7 Å². The number of carbonyl (C=O) groups is 1. The van der Waals surface area contributed by atoms with Crippen LogP contribution in [0.4, 0.5) is 28.7 Å². The van der Waals surface area contributed by atoms with E-state index in [1.165, 1.54) is 24.3 Å². The van der Waals surface area contributed by atoms with Crippen molar-refractivity contribution in [3.8, 4) is 0 Å². The molecule has 0 aliphatic heterocycles. The van der Waals surface area contributed by atoms with Gasteiger partial charge in [-0.1, -0.05) is 60.7 Å². The highest BCUT2D eigenvalue weighted by Crippen LogP contribution is 2.29. The molecule has 13 nitrogen and oxygen atoms in total. The van der Waals surface area contributed by atoms with E-state index in [1.54, 1.807) is 0 Å². The van der Waals surface area contributed by atoms with Gasteiger partial charge in [-0.15, -0.1) is 0 Å². The minimum absolute atomic E-state index is 0.106. The molecule has 0 atom stereocenters. The molecule has 0 spiro atoms. The molecule has 4 aromatic rings. The van der Waals surface area contributed by atoms with Crippen LogP contribution < -0.4 is 21.7 Å². The molecule has 0 aliphatic rings. The Labute approximate surface area is 209 Å². The molecule has 0 saturated heterocycles. The maximum Gasteiger partial charge on any atom is 0.356 e. The number of amides is 1. The van der Waals surface area contributed by atoms with E-state index in [1.807, 2.05) is 60.7 Å². The molecule has 13 heteroatoms. The van der Waals surface area contributed by atoms with Crippen LogP contribution in [-0.2, 0) is 4.79 Å². The summed E-state index contributed by atoms with van der Waals surface area (Å²) in [5.74, 6) is -1.58. The first-order valence-corrected chi connectivity index (χ1v) is 10.9. The van der Waals surface area contributed by atoms with E-state index in [9.17, 15) is 25.0 Å². The number of benzene rings is 3. The van der Waals surface area contributed by atoms with Crippen LogP contribution in [0, 0.1) is 20.2 Å². The molecule has 1 aromatic heterocycles. The van der Waals surface area contributed by atoms with Gasteiger partial charge in [0, 0.05) is 12.1 Å². The number of non-ortho nitro benzene ring substituents is 1. The summed E-state index contributed by atoms with van der Waals surface area (Å²) in [6, 6.07) is 23.6. The number of nitro benzene ring substituents is 1. The van der Waals surface area contributed by atoms with Crippen LogP contribution in [0.2, 0.25) is 0 Å². The van der Waals surface area contributed by atoms with Gasteiger partial charge in [-0.25, -0.2) is 9.97 Å². The topological polar surface area (TPSA) is 177 Å². The van der Waals surface area contributed by atoms with Gasteiger partial charge in [-0.05, 0) is 23.3 Å². The second-order valence-corrected chi connectivity index (χ2v) is 7.60. The van der Waals surface area contributed by atoms with E-state index in [0.29, 0.717) is 5.69 Å². The van der Waals surface area contributed by atoms with Crippen LogP contribution in [0.3, 0.4) is 0 Å². The van der Waals surface area contributed by atoms with Crippen LogP contribution >= 0.6 is 0 Å². The summed E-state index contributed by atoms with van der Waals surface area (Å²) in [5.41, 5.74) is 11.6. The molecule has 0 radical (unpaired) electrons. The van der Waals surface area contributed by atoms with Crippen molar-refractivity contribution in [1.82, 2.24) is 15.4 Å². The van der Waals surface area contributed by atoms with Crippen LogP contribution in [0.15, 0.2) is 91.3 Å². The fourth-order valence-corrected chi connectivity index (χ4v) is 3.51. The molecule has 0 bridgehead atoms. The molecule has 0 fully saturated rings. The lowest BCUT2D eigenvalue weighted by atomic mass is 9.91. The first kappa shape index (κ1) is 24.5. The molecular formula is C24H20N8O5. The molecule has 0 saturated carbocycles. The normalized spacial score (nSPS) is 10.4. The Morgan fingerprint density at radius 2 is 1.24 bits per heavy atom. The zero-order valence-electron chi connectivity index (χ0n) is 19.1. The van der Waals surface area contributed by atoms with E-state index >= 15 is 0 Å². The highest BCUT2D eigenvalue weighted by Gasteiger charge is 2.26. The Hall–Kier alpha value is -5.59. The lowest BCUT2D eigenvalue weighted by Crippen LogP contribution is -2.35. The van der Waals surface area contributed by atoms with E-state index in [0.717, 1.165) is 17.5 Å². The van der Waals surface area contributed by atoms with Crippen molar-refractivity contribution < 1.29 is 14.6 Å². The van der Waals surface area contributed by atoms with Crippen molar-refractivity contribution in [2.45, 2.75) is 5.92 Å². The third kappa shape index (κ3) is 5.92. The van der Waals surface area contributed by atoms with E-state index in [4.69, 9.17) is 0 Å². The molecule has 0 unspecified atom stereocenters. The van der Waals surface area contributed by atoms with Gasteiger partial charge in [0.25, 0.3) is 5.69 Å². The number of anilines is 3. The van der Waals surface area contributed by atoms with Crippen molar-refractivity contribution >= 4 is 34.6 Å². The third-order valence-electron chi connectivity index (χ3n) is 5.24. The smallest absolute Gasteiger partial charge is 0.299 e. The number of aromatic nitrogens is 2. The minimum Gasteiger partial charge on any atom is -0.299 e. The van der Waals surface area contributed by atoms with Crippen molar-refractivity contribution in [1.29, 1.82) is 0 Å². The van der Waals surface area contributed by atoms with Gasteiger partial charge in [-0.2, -0.15) is 0 Å². The second kappa shape index (κ2) is 11.2. The largest absolute Gasteiger partial charge is 0.356 e. The van der Waals surface area contributed by atoms with Crippen molar-refractivity contribution in [2.24, 2.45) is 0 Å². The van der Waals surface area contributed by atoms with Gasteiger partial charge >= 0.3 is 5.69 Å². The Kier molecular flexibility index (Phi) is 7.44. The Balaban J connectivity index is 1.52. The van der Waals surface area contributed by atoms with Crippen molar-refractivity contribution in [2.75, 3.05) is 16.3 Å². The van der Waals surface area contributed by atoms with Gasteiger partial charge in [0.2, 0.25) is 17.5 Å². The van der Waals surface area contributed by atoms with Gasteiger partial charge < -0.3 is 0 Å². The van der Waals surface area contributed by atoms with Gasteiger partial charge in [0.05, 0.1) is 21.5 Å². The zero-order chi connectivity index (χ0) is 26.2. The number of hydrazine groups is 2. The summed E-state index contributed by atoms with van der Waals surface area (Å²) in [6.07, 6.45) is 1.08. The monoisotopic (exact) mass is 500 g/mol. The molecule has 186 valence electrons. The minimum atomic E-state index is -0.708. The molecule has 37 heavy (non-hydrogen) atoms. The van der Waals surface area contributed by atoms with Gasteiger partial charge in [0.1, 0.15) is 6.33 Å². The Morgan fingerprint density at radius 3 is 1.76 bits per heavy atom. The highest BCUT2D eigenvalue weighted by molar-refractivity contribution is 5.88. The molecule has 4 N–H and O–H groups in total. The summed E-state index contributed by atoms with van der Waals surface area (Å²) in [5, 5.41) is 22.6. The maximum atomic E-state index is 13.2. The summed E-state index contributed by atoms with van der Waals surface area (Å²) in [4.78, 5) is 42.4. The second-order valence-electron chi connectivity index (χ2n) is 7.60. The summed E-state index contributed by atoms with van der Waals surface area (Å²) >= 11 is 0. The van der Waals surface area contributed by atoms with E-state index in [2.05, 4.69) is 31.7 Å². The third-order valence-corrected chi connectivity index (χ3v) is 5.24. The Bertz CT molecular complexity index is 1360. The average molecular weight is 500 g/mol. The highest BCUT2D eigenvalue weighted by atomic mass is 16.6. The predicted molar refractivity (Wildman–Crippen MR) is 136 cm³/mol. The van der Waals surface area contributed by atoms with Gasteiger partial charge in [-0.3, -0.25) is 46.7 Å². The number of nitrogens with zero attached hydrogens (tertiary/aromatic N) is 4. The van der Waals surface area contributed by atoms with E-state index in [-0.39, 0.29) is 17.3 Å². The molecule has 3 aromatic carbocycles. The number of nitro groups is 2. The fraction of sp³-hybridized carbons (Fsp3) is 0.0417. The van der Waals surface area contributed by atoms with Crippen LogP contribution in [0.1, 0.15) is 17.0 Å². The lowest BCUT2D eigenvalue weighted by molar-refractivity contribution is -0.384. The maximum absolute atomic E-state index is 13.2. The first-order chi connectivity index (χ1) is 17.9. The number of carbonyl (C=O) groups excluding carboxylic acids is 1. The van der Waals surface area contributed by atoms with E-state index < -0.39 is 27.4 Å². The summed E-state index contributed by atoms with van der Waals surface area (Å²) in [6.45, 7) is 0. The van der Waals surface area contributed by atoms with Crippen molar-refractivity contribution in [3.05, 3.63) is 123 Å². The number of hydrogen-bond acceptors (Lipinski definition) is 10. The zero-order valence-corrected chi connectivity index (χ0v) is 19.1. The Morgan fingerprint density at radius 1 is 0.703 bits per heavy atom. The number of nitrogens with one attached hydrogen (secondary N) is 4. The standard InChI is InChI=1S/C24H20N8O5/c33-24(20(16-7-3-1-4-8-16)17-9-5-2-6-10-17)30-29-23-21(32(36)37)22(25-15-26-23)28-27-18-11-13-19(14-12-18)31(34)35/h1-15,20,27H,(H,30,33)(H2,25,26,28,29). The SMILES string of the molecule is O=C(NNc1ncnc(NNc2ccc([N+](=O)[O-])cc2)c1[N+](=O)[O-])C(c1ccccc1)c1ccccc1. The molecule has 1 heterocycles. The average Bonchev–Trinajstić information content (AvgIpc) is 2.92. The fourth-order valence-electron chi connectivity index (χ4n) is 3.51.